The Balaban J connectivity index is 1.38. The summed E-state index contributed by atoms with van der Waals surface area (Å²) in [6, 6.07) is 0.0639. The number of carbonyl (C=O) groups excluding carboxylic acids is 2. The van der Waals surface area contributed by atoms with Crippen molar-refractivity contribution in [1.29, 1.82) is 0 Å². The van der Waals surface area contributed by atoms with Gasteiger partial charge in [-0.15, -0.1) is 0 Å². The molecule has 1 aliphatic carbocycles. The molecule has 0 N–H and O–H groups in total. The van der Waals surface area contributed by atoms with Gasteiger partial charge in [0.1, 0.15) is 6.17 Å². The first-order valence-corrected chi connectivity index (χ1v) is 11.7. The fourth-order valence-electron chi connectivity index (χ4n) is 4.98. The van der Waals surface area contributed by atoms with Crippen molar-refractivity contribution in [2.45, 2.75) is 51.4 Å². The molecule has 0 radical (unpaired) electrons. The van der Waals surface area contributed by atoms with E-state index in [0.717, 1.165) is 23.3 Å². The molecule has 3 atom stereocenters. The molecule has 8 nitrogen and oxygen atoms in total. The number of fused-ring (bicyclic) bond motifs is 3. The summed E-state index contributed by atoms with van der Waals surface area (Å²) in [7, 11) is 0. The lowest BCUT2D eigenvalue weighted by molar-refractivity contribution is -0.135. The molecule has 176 valence electrons. The van der Waals surface area contributed by atoms with Gasteiger partial charge in [-0.05, 0) is 39.2 Å². The minimum atomic E-state index is -0.987. The van der Waals surface area contributed by atoms with Crippen molar-refractivity contribution < 1.29 is 23.5 Å². The molecule has 3 aliphatic heterocycles. The van der Waals surface area contributed by atoms with Crippen LogP contribution < -0.4 is 0 Å². The number of nitrogens with zero attached hydrogens (tertiary/aromatic N) is 4. The van der Waals surface area contributed by atoms with Crippen LogP contribution >= 0.6 is 0 Å². The second-order valence-corrected chi connectivity index (χ2v) is 9.26. The van der Waals surface area contributed by atoms with Gasteiger partial charge in [0.05, 0.1) is 54.4 Å². The van der Waals surface area contributed by atoms with Crippen LogP contribution in [0.1, 0.15) is 55.2 Å². The van der Waals surface area contributed by atoms with Gasteiger partial charge in [0.2, 0.25) is 5.91 Å². The summed E-state index contributed by atoms with van der Waals surface area (Å²) in [5.41, 5.74) is 3.43. The molecule has 0 spiro atoms. The Bertz CT molecular complexity index is 1040. The van der Waals surface area contributed by atoms with Gasteiger partial charge < -0.3 is 14.4 Å². The molecule has 0 bridgehead atoms. The number of hydrogen-bond acceptors (Lipinski definition) is 5. The molecule has 0 aromatic carbocycles. The number of amides is 2. The average Bonchev–Trinajstić information content (AvgIpc) is 3.47. The van der Waals surface area contributed by atoms with E-state index in [1.54, 1.807) is 6.20 Å². The zero-order chi connectivity index (χ0) is 23.1. The van der Waals surface area contributed by atoms with Crippen LogP contribution in [0.2, 0.25) is 0 Å². The van der Waals surface area contributed by atoms with Crippen molar-refractivity contribution in [2.75, 3.05) is 32.9 Å². The van der Waals surface area contributed by atoms with Gasteiger partial charge in [0.15, 0.2) is 0 Å². The van der Waals surface area contributed by atoms with Gasteiger partial charge >= 0.3 is 0 Å². The Morgan fingerprint density at radius 1 is 1.33 bits per heavy atom. The van der Waals surface area contributed by atoms with Crippen molar-refractivity contribution in [2.24, 2.45) is 10.9 Å². The lowest BCUT2D eigenvalue weighted by Gasteiger charge is -2.35. The molecular weight excluding hydrogens is 427 g/mol. The number of carbonyl (C=O) groups is 2. The van der Waals surface area contributed by atoms with E-state index in [2.05, 4.69) is 10.1 Å². The number of alkyl halides is 1. The van der Waals surface area contributed by atoms with E-state index in [4.69, 9.17) is 9.47 Å². The number of rotatable bonds is 5. The summed E-state index contributed by atoms with van der Waals surface area (Å²) in [5.74, 6) is -0.700. The van der Waals surface area contributed by atoms with Crippen LogP contribution in [0.15, 0.2) is 28.9 Å². The highest BCUT2D eigenvalue weighted by Crippen LogP contribution is 2.36. The molecule has 1 unspecified atom stereocenters. The Hall–Kier alpha value is -2.65. The third kappa shape index (κ3) is 4.19. The molecule has 4 aliphatic rings. The number of allylic oxidation sites excluding steroid dienone is 2. The third-order valence-electron chi connectivity index (χ3n) is 6.80. The molecule has 2 amide bonds. The van der Waals surface area contributed by atoms with Crippen LogP contribution in [0.4, 0.5) is 4.39 Å². The summed E-state index contributed by atoms with van der Waals surface area (Å²) in [6.45, 7) is 5.86. The zero-order valence-corrected chi connectivity index (χ0v) is 19.0. The Morgan fingerprint density at radius 3 is 2.82 bits per heavy atom. The van der Waals surface area contributed by atoms with Crippen LogP contribution in [0.5, 0.6) is 0 Å². The fourth-order valence-corrected chi connectivity index (χ4v) is 4.98. The number of likely N-dealkylation sites (tertiary alicyclic amines) is 1. The monoisotopic (exact) mass is 456 g/mol. The maximum absolute atomic E-state index is 13.5. The van der Waals surface area contributed by atoms with E-state index in [0.29, 0.717) is 50.4 Å². The number of ether oxygens (including phenoxy) is 2. The molecule has 33 heavy (non-hydrogen) atoms. The predicted octanol–water partition coefficient (Wildman–Crippen LogP) is 2.76. The molecule has 2 saturated heterocycles. The topological polar surface area (TPSA) is 86.0 Å². The van der Waals surface area contributed by atoms with E-state index < -0.39 is 12.1 Å². The smallest absolute Gasteiger partial charge is 0.281 e. The van der Waals surface area contributed by atoms with Crippen LogP contribution in [0, 0.1) is 5.92 Å². The van der Waals surface area contributed by atoms with Crippen molar-refractivity contribution in [1.82, 2.24) is 14.7 Å². The van der Waals surface area contributed by atoms with Gasteiger partial charge in [-0.25, -0.2) is 9.38 Å². The first-order chi connectivity index (χ1) is 15.9. The van der Waals surface area contributed by atoms with E-state index in [1.807, 2.05) is 28.7 Å². The highest BCUT2D eigenvalue weighted by Gasteiger charge is 2.37. The van der Waals surface area contributed by atoms with E-state index in [9.17, 15) is 14.0 Å². The molecule has 0 saturated carbocycles. The number of hydrogen-bond donors (Lipinski definition) is 0. The Morgan fingerprint density at radius 2 is 2.12 bits per heavy atom. The largest absolute Gasteiger partial charge is 0.379 e. The summed E-state index contributed by atoms with van der Waals surface area (Å²) in [6.07, 6.45) is 6.58. The maximum atomic E-state index is 13.5. The molecule has 5 rings (SSSR count). The minimum absolute atomic E-state index is 0.0118. The molecule has 9 heteroatoms. The third-order valence-corrected chi connectivity index (χ3v) is 6.80. The van der Waals surface area contributed by atoms with Crippen LogP contribution in [-0.4, -0.2) is 77.4 Å². The second-order valence-electron chi connectivity index (χ2n) is 9.26. The lowest BCUT2D eigenvalue weighted by atomic mass is 9.84. The zero-order valence-electron chi connectivity index (χ0n) is 19.0. The first kappa shape index (κ1) is 22.2. The first-order valence-electron chi connectivity index (χ1n) is 11.7. The fraction of sp³-hybridized carbons (Fsp3) is 0.583. The van der Waals surface area contributed by atoms with Crippen LogP contribution in [-0.2, 0) is 14.3 Å². The molecule has 4 heterocycles. The van der Waals surface area contributed by atoms with Gasteiger partial charge in [-0.3, -0.25) is 14.3 Å². The second kappa shape index (κ2) is 8.95. The van der Waals surface area contributed by atoms with Crippen molar-refractivity contribution in [3.63, 3.8) is 0 Å². The highest BCUT2D eigenvalue weighted by atomic mass is 19.1. The Labute approximate surface area is 192 Å². The summed E-state index contributed by atoms with van der Waals surface area (Å²) >= 11 is 0. The van der Waals surface area contributed by atoms with Crippen molar-refractivity contribution >= 4 is 23.1 Å². The van der Waals surface area contributed by atoms with Crippen LogP contribution in [0.25, 0.3) is 5.57 Å². The standard InChI is InChI=1S/C24H29FN4O4/c1-14-9-21-19(22-20(23(30)27-21)11-26-29(22)16-5-8-32-13-16)10-18(14)24(31)28-6-3-17(4-7-28)33-12-15(2)25/h9-11,15-18H,3-8,12-13H2,1-2H3/t15-,16+,18?/m1/s1. The van der Waals surface area contributed by atoms with Gasteiger partial charge in [-0.2, -0.15) is 5.10 Å². The summed E-state index contributed by atoms with van der Waals surface area (Å²) in [5, 5.41) is 4.48. The highest BCUT2D eigenvalue weighted by molar-refractivity contribution is 6.36. The molecule has 1 aromatic rings. The van der Waals surface area contributed by atoms with Gasteiger partial charge in [-0.1, -0.05) is 11.6 Å². The van der Waals surface area contributed by atoms with E-state index in [-0.39, 0.29) is 30.6 Å². The average molecular weight is 457 g/mol. The minimum Gasteiger partial charge on any atom is -0.379 e. The van der Waals surface area contributed by atoms with E-state index in [1.165, 1.54) is 6.92 Å². The van der Waals surface area contributed by atoms with Gasteiger partial charge in [0, 0.05) is 25.3 Å². The summed E-state index contributed by atoms with van der Waals surface area (Å²) in [4.78, 5) is 32.2. The van der Waals surface area contributed by atoms with Crippen molar-refractivity contribution in [3.8, 4) is 0 Å². The molecule has 1 aromatic heterocycles. The number of halogens is 1. The number of aromatic nitrogens is 2. The lowest BCUT2D eigenvalue weighted by Crippen LogP contribution is -2.44. The molecule has 2 fully saturated rings. The van der Waals surface area contributed by atoms with Crippen molar-refractivity contribution in [3.05, 3.63) is 35.2 Å². The van der Waals surface area contributed by atoms with Gasteiger partial charge in [0.25, 0.3) is 5.91 Å². The quantitative estimate of drug-likeness (QED) is 0.680. The Kier molecular flexibility index (Phi) is 6.01. The van der Waals surface area contributed by atoms with Crippen LogP contribution in [0.3, 0.4) is 0 Å². The number of aliphatic imine (C=N–C) groups is 1. The molecular formula is C24H29FN4O4. The SMILES string of the molecule is CC1=CC2=NC(=O)c3cnn([C@H]4CCOC4)c3C2=CC1C(=O)N1CCC(OC[C@@H](C)F)CC1. The predicted molar refractivity (Wildman–Crippen MR) is 120 cm³/mol. The normalized spacial score (nSPS) is 26.3. The maximum Gasteiger partial charge on any atom is 0.281 e. The van der Waals surface area contributed by atoms with E-state index >= 15 is 0 Å². The number of piperidine rings is 1. The summed E-state index contributed by atoms with van der Waals surface area (Å²) < 4.78 is 26.1.